The van der Waals surface area contributed by atoms with Gasteiger partial charge in [0.25, 0.3) is 0 Å². The van der Waals surface area contributed by atoms with Crippen molar-refractivity contribution >= 4 is 0 Å². The average Bonchev–Trinajstić information content (AvgIpc) is 3.16. The molecular formula is C17H27N5O. The molecule has 2 aromatic rings. The quantitative estimate of drug-likeness (QED) is 0.916. The zero-order valence-electron chi connectivity index (χ0n) is 14.8. The van der Waals surface area contributed by atoms with Crippen LogP contribution in [0.4, 0.5) is 0 Å². The molecule has 6 nitrogen and oxygen atoms in total. The molecule has 6 heteroatoms. The van der Waals surface area contributed by atoms with Crippen molar-refractivity contribution in [1.29, 1.82) is 0 Å². The molecule has 1 saturated heterocycles. The van der Waals surface area contributed by atoms with Crippen molar-refractivity contribution in [3.05, 3.63) is 34.4 Å². The van der Waals surface area contributed by atoms with Crippen LogP contribution in [0.5, 0.6) is 0 Å². The Balaban J connectivity index is 1.74. The smallest absolute Gasteiger partial charge is 0.101 e. The summed E-state index contributed by atoms with van der Waals surface area (Å²) < 4.78 is 9.88. The largest absolute Gasteiger partial charge is 0.372 e. The van der Waals surface area contributed by atoms with E-state index in [2.05, 4.69) is 42.5 Å². The molecular weight excluding hydrogens is 290 g/mol. The molecule has 0 saturated carbocycles. The van der Waals surface area contributed by atoms with Crippen LogP contribution in [0.25, 0.3) is 0 Å². The Morgan fingerprint density at radius 2 is 2.09 bits per heavy atom. The first-order chi connectivity index (χ1) is 11.0. The van der Waals surface area contributed by atoms with Crippen LogP contribution in [0.1, 0.15) is 47.7 Å². The molecule has 1 fully saturated rings. The van der Waals surface area contributed by atoms with Gasteiger partial charge in [-0.05, 0) is 26.7 Å². The highest BCUT2D eigenvalue weighted by Crippen LogP contribution is 2.33. The van der Waals surface area contributed by atoms with Crippen molar-refractivity contribution in [2.24, 2.45) is 14.1 Å². The van der Waals surface area contributed by atoms with Crippen LogP contribution < -0.4 is 5.32 Å². The van der Waals surface area contributed by atoms with E-state index in [0.717, 1.165) is 31.7 Å². The lowest BCUT2D eigenvalue weighted by Crippen LogP contribution is -2.32. The number of hydrogen-bond acceptors (Lipinski definition) is 4. The molecule has 1 N–H and O–H groups in total. The number of rotatable bonds is 5. The molecule has 3 heterocycles. The highest BCUT2D eigenvalue weighted by Gasteiger charge is 2.33. The second kappa shape index (κ2) is 6.45. The van der Waals surface area contributed by atoms with Gasteiger partial charge in [0.1, 0.15) is 6.10 Å². The summed E-state index contributed by atoms with van der Waals surface area (Å²) in [4.78, 5) is 0. The number of nitrogens with zero attached hydrogens (tertiary/aromatic N) is 4. The van der Waals surface area contributed by atoms with Crippen LogP contribution >= 0.6 is 0 Å². The Morgan fingerprint density at radius 3 is 2.74 bits per heavy atom. The molecule has 2 aromatic heterocycles. The van der Waals surface area contributed by atoms with Crippen LogP contribution in [0.2, 0.25) is 0 Å². The maximum absolute atomic E-state index is 6.04. The van der Waals surface area contributed by atoms with Gasteiger partial charge in [0, 0.05) is 56.3 Å². The zero-order valence-corrected chi connectivity index (χ0v) is 14.8. The fourth-order valence-electron chi connectivity index (χ4n) is 3.55. The van der Waals surface area contributed by atoms with Crippen molar-refractivity contribution in [3.63, 3.8) is 0 Å². The molecule has 0 aliphatic carbocycles. The molecule has 1 aliphatic heterocycles. The molecule has 0 unspecified atom stereocenters. The molecule has 0 amide bonds. The van der Waals surface area contributed by atoms with E-state index in [4.69, 9.17) is 4.74 Å². The van der Waals surface area contributed by atoms with Crippen LogP contribution in [0.15, 0.2) is 6.20 Å². The van der Waals surface area contributed by atoms with Crippen LogP contribution in [-0.4, -0.2) is 32.2 Å². The highest BCUT2D eigenvalue weighted by atomic mass is 16.5. The van der Waals surface area contributed by atoms with Crippen LogP contribution in [0, 0.1) is 13.8 Å². The summed E-state index contributed by atoms with van der Waals surface area (Å²) in [6.07, 6.45) is 4.19. The SMILES string of the molecule is CCc1nn(C)cc1CN[C@H]1CCO[C@@H]1c1c(C)nn(C)c1C. The van der Waals surface area contributed by atoms with Crippen molar-refractivity contribution in [1.82, 2.24) is 24.9 Å². The van der Waals surface area contributed by atoms with Gasteiger partial charge in [-0.1, -0.05) is 6.92 Å². The van der Waals surface area contributed by atoms with Crippen molar-refractivity contribution < 1.29 is 4.74 Å². The summed E-state index contributed by atoms with van der Waals surface area (Å²) in [5.74, 6) is 0. The average molecular weight is 317 g/mol. The number of ether oxygens (including phenoxy) is 1. The van der Waals surface area contributed by atoms with Gasteiger partial charge in [-0.25, -0.2) is 0 Å². The minimum Gasteiger partial charge on any atom is -0.372 e. The predicted molar refractivity (Wildman–Crippen MR) is 89.2 cm³/mol. The standard InChI is InChI=1S/C17H27N5O/c1-6-14-13(10-21(4)20-14)9-18-15-7-8-23-17(15)16-11(2)19-22(5)12(16)3/h10,15,17-18H,6-9H2,1-5H3/t15-,17-/m0/s1. The van der Waals surface area contributed by atoms with E-state index in [-0.39, 0.29) is 6.10 Å². The van der Waals surface area contributed by atoms with Gasteiger partial charge in [0.05, 0.1) is 11.4 Å². The zero-order chi connectivity index (χ0) is 16.6. The summed E-state index contributed by atoms with van der Waals surface area (Å²) in [5.41, 5.74) is 5.95. The second-order valence-corrected chi connectivity index (χ2v) is 6.40. The van der Waals surface area contributed by atoms with Crippen molar-refractivity contribution in [2.75, 3.05) is 6.61 Å². The summed E-state index contributed by atoms with van der Waals surface area (Å²) >= 11 is 0. The Morgan fingerprint density at radius 1 is 1.30 bits per heavy atom. The van der Waals surface area contributed by atoms with Gasteiger partial charge in [0.15, 0.2) is 0 Å². The third kappa shape index (κ3) is 3.05. The Labute approximate surface area is 137 Å². The lowest BCUT2D eigenvalue weighted by atomic mass is 10.00. The summed E-state index contributed by atoms with van der Waals surface area (Å²) in [7, 11) is 3.97. The first-order valence-corrected chi connectivity index (χ1v) is 8.37. The third-order valence-electron chi connectivity index (χ3n) is 4.82. The Bertz CT molecular complexity index is 687. The molecule has 0 radical (unpaired) electrons. The molecule has 3 rings (SSSR count). The van der Waals surface area contributed by atoms with Gasteiger partial charge in [-0.15, -0.1) is 0 Å². The van der Waals surface area contributed by atoms with Gasteiger partial charge >= 0.3 is 0 Å². The monoisotopic (exact) mass is 317 g/mol. The third-order valence-corrected chi connectivity index (χ3v) is 4.82. The molecule has 1 aliphatic rings. The molecule has 0 aromatic carbocycles. The van der Waals surface area contributed by atoms with E-state index in [9.17, 15) is 0 Å². The number of nitrogens with one attached hydrogen (secondary N) is 1. The lowest BCUT2D eigenvalue weighted by molar-refractivity contribution is 0.0974. The number of hydrogen-bond donors (Lipinski definition) is 1. The van der Waals surface area contributed by atoms with Crippen molar-refractivity contribution in [3.8, 4) is 0 Å². The highest BCUT2D eigenvalue weighted by molar-refractivity contribution is 5.29. The molecule has 126 valence electrons. The first kappa shape index (κ1) is 16.2. The topological polar surface area (TPSA) is 56.9 Å². The molecule has 0 spiro atoms. The van der Waals surface area contributed by atoms with Gasteiger partial charge in [-0.3, -0.25) is 9.36 Å². The van der Waals surface area contributed by atoms with Crippen LogP contribution in [0.3, 0.4) is 0 Å². The van der Waals surface area contributed by atoms with E-state index < -0.39 is 0 Å². The molecule has 23 heavy (non-hydrogen) atoms. The Hall–Kier alpha value is -1.66. The van der Waals surface area contributed by atoms with E-state index in [1.165, 1.54) is 22.5 Å². The fourth-order valence-corrected chi connectivity index (χ4v) is 3.55. The summed E-state index contributed by atoms with van der Waals surface area (Å²) in [6, 6.07) is 0.321. The summed E-state index contributed by atoms with van der Waals surface area (Å²) in [5, 5.41) is 12.7. The number of aromatic nitrogens is 4. The Kier molecular flexibility index (Phi) is 4.55. The maximum atomic E-state index is 6.04. The maximum Gasteiger partial charge on any atom is 0.101 e. The number of aryl methyl sites for hydroxylation is 4. The van der Waals surface area contributed by atoms with Gasteiger partial charge < -0.3 is 10.1 Å². The normalized spacial score (nSPS) is 21.3. The van der Waals surface area contributed by atoms with E-state index >= 15 is 0 Å². The fraction of sp³-hybridized carbons (Fsp3) is 0.647. The van der Waals surface area contributed by atoms with Crippen molar-refractivity contribution in [2.45, 2.75) is 52.3 Å². The molecule has 0 bridgehead atoms. The summed E-state index contributed by atoms with van der Waals surface area (Å²) in [6.45, 7) is 7.96. The predicted octanol–water partition coefficient (Wildman–Crippen LogP) is 1.95. The lowest BCUT2D eigenvalue weighted by Gasteiger charge is -2.20. The van der Waals surface area contributed by atoms with Crippen LogP contribution in [-0.2, 0) is 31.8 Å². The molecule has 2 atom stereocenters. The first-order valence-electron chi connectivity index (χ1n) is 8.37. The second-order valence-electron chi connectivity index (χ2n) is 6.40. The van der Waals surface area contributed by atoms with Gasteiger partial charge in [-0.2, -0.15) is 10.2 Å². The van der Waals surface area contributed by atoms with E-state index in [0.29, 0.717) is 6.04 Å². The van der Waals surface area contributed by atoms with Gasteiger partial charge in [0.2, 0.25) is 0 Å². The minimum absolute atomic E-state index is 0.0884. The van der Waals surface area contributed by atoms with E-state index in [1.807, 2.05) is 23.5 Å². The minimum atomic E-state index is 0.0884. The van der Waals surface area contributed by atoms with E-state index in [1.54, 1.807) is 0 Å².